The van der Waals surface area contributed by atoms with Crippen LogP contribution < -0.4 is 10.1 Å². The fourth-order valence-corrected chi connectivity index (χ4v) is 3.23. The minimum absolute atomic E-state index is 0.327. The van der Waals surface area contributed by atoms with Crippen molar-refractivity contribution in [1.82, 2.24) is 10.2 Å². The van der Waals surface area contributed by atoms with Gasteiger partial charge in [-0.3, -0.25) is 0 Å². The fourth-order valence-electron chi connectivity index (χ4n) is 3.23. The third kappa shape index (κ3) is 4.45. The molecule has 1 fully saturated rings. The standard InChI is InChI=1S/C18H30N2O/c1-14-6-5-10-20(11-9-14)13-17(19-3)16-12-15(2)7-8-18(16)21-4/h7-8,12,14,17,19H,5-6,9-11,13H2,1-4H3. The van der Waals surface area contributed by atoms with Crippen molar-refractivity contribution in [3.05, 3.63) is 29.3 Å². The van der Waals surface area contributed by atoms with Gasteiger partial charge in [0.1, 0.15) is 5.75 Å². The Morgan fingerprint density at radius 3 is 2.86 bits per heavy atom. The summed E-state index contributed by atoms with van der Waals surface area (Å²) in [6.45, 7) is 8.01. The van der Waals surface area contributed by atoms with Gasteiger partial charge in [0.15, 0.2) is 0 Å². The van der Waals surface area contributed by atoms with Gasteiger partial charge in [-0.25, -0.2) is 0 Å². The predicted molar refractivity (Wildman–Crippen MR) is 89.0 cm³/mol. The molecule has 0 spiro atoms. The summed E-state index contributed by atoms with van der Waals surface area (Å²) in [5.74, 6) is 1.86. The molecular weight excluding hydrogens is 260 g/mol. The van der Waals surface area contributed by atoms with E-state index < -0.39 is 0 Å². The van der Waals surface area contributed by atoms with Crippen molar-refractivity contribution < 1.29 is 4.74 Å². The minimum atomic E-state index is 0.327. The third-order valence-electron chi connectivity index (χ3n) is 4.66. The Balaban J connectivity index is 2.10. The summed E-state index contributed by atoms with van der Waals surface area (Å²) in [5, 5.41) is 3.48. The number of benzene rings is 1. The molecule has 1 aromatic rings. The van der Waals surface area contributed by atoms with Gasteiger partial charge < -0.3 is 15.0 Å². The normalized spacial score (nSPS) is 21.8. The van der Waals surface area contributed by atoms with Gasteiger partial charge in [-0.1, -0.05) is 24.6 Å². The van der Waals surface area contributed by atoms with Crippen LogP contribution in [0.15, 0.2) is 18.2 Å². The highest BCUT2D eigenvalue weighted by molar-refractivity contribution is 5.39. The van der Waals surface area contributed by atoms with Crippen LogP contribution in [-0.2, 0) is 0 Å². The molecule has 0 bridgehead atoms. The number of nitrogens with one attached hydrogen (secondary N) is 1. The summed E-state index contributed by atoms with van der Waals surface area (Å²) in [6, 6.07) is 6.77. The smallest absolute Gasteiger partial charge is 0.123 e. The molecule has 3 heteroatoms. The molecular formula is C18H30N2O. The molecule has 1 aliphatic heterocycles. The molecule has 2 rings (SSSR count). The second kappa shape index (κ2) is 7.81. The highest BCUT2D eigenvalue weighted by Crippen LogP contribution is 2.27. The van der Waals surface area contributed by atoms with Gasteiger partial charge in [0.25, 0.3) is 0 Å². The molecule has 0 aromatic heterocycles. The molecule has 1 aliphatic rings. The summed E-state index contributed by atoms with van der Waals surface area (Å²) in [6.07, 6.45) is 4.01. The molecule has 1 saturated heterocycles. The Morgan fingerprint density at radius 1 is 1.33 bits per heavy atom. The van der Waals surface area contributed by atoms with E-state index in [0.29, 0.717) is 6.04 Å². The average Bonchev–Trinajstić information content (AvgIpc) is 2.69. The van der Waals surface area contributed by atoms with E-state index in [1.165, 1.54) is 43.5 Å². The second-order valence-electron chi connectivity index (χ2n) is 6.42. The molecule has 0 radical (unpaired) electrons. The van der Waals surface area contributed by atoms with E-state index >= 15 is 0 Å². The summed E-state index contributed by atoms with van der Waals surface area (Å²) >= 11 is 0. The second-order valence-corrected chi connectivity index (χ2v) is 6.42. The summed E-state index contributed by atoms with van der Waals surface area (Å²) < 4.78 is 5.56. The predicted octanol–water partition coefficient (Wildman–Crippen LogP) is 3.39. The van der Waals surface area contributed by atoms with E-state index in [0.717, 1.165) is 18.2 Å². The van der Waals surface area contributed by atoms with E-state index in [-0.39, 0.29) is 0 Å². The third-order valence-corrected chi connectivity index (χ3v) is 4.66. The monoisotopic (exact) mass is 290 g/mol. The molecule has 118 valence electrons. The van der Waals surface area contributed by atoms with Crippen LogP contribution in [0.4, 0.5) is 0 Å². The summed E-state index contributed by atoms with van der Waals surface area (Å²) in [5.41, 5.74) is 2.56. The maximum atomic E-state index is 5.56. The lowest BCUT2D eigenvalue weighted by atomic mass is 10.0. The molecule has 2 atom stereocenters. The van der Waals surface area contributed by atoms with Crippen LogP contribution in [0.5, 0.6) is 5.75 Å². The quantitative estimate of drug-likeness (QED) is 0.899. The van der Waals surface area contributed by atoms with Crippen molar-refractivity contribution in [2.75, 3.05) is 33.8 Å². The Kier molecular flexibility index (Phi) is 6.07. The molecule has 2 unspecified atom stereocenters. The van der Waals surface area contributed by atoms with Gasteiger partial charge in [0.05, 0.1) is 7.11 Å². The SMILES string of the molecule is CNC(CN1CCCC(C)CC1)c1cc(C)ccc1OC. The largest absolute Gasteiger partial charge is 0.496 e. The lowest BCUT2D eigenvalue weighted by Gasteiger charge is -2.27. The average molecular weight is 290 g/mol. The Hall–Kier alpha value is -1.06. The fraction of sp³-hybridized carbons (Fsp3) is 0.667. The Bertz CT molecular complexity index is 447. The van der Waals surface area contributed by atoms with Crippen molar-refractivity contribution in [1.29, 1.82) is 0 Å². The van der Waals surface area contributed by atoms with Crippen LogP contribution in [0.1, 0.15) is 43.4 Å². The van der Waals surface area contributed by atoms with E-state index in [1.807, 2.05) is 7.05 Å². The summed E-state index contributed by atoms with van der Waals surface area (Å²) in [7, 11) is 3.81. The highest BCUT2D eigenvalue weighted by atomic mass is 16.5. The van der Waals surface area contributed by atoms with Crippen molar-refractivity contribution in [3.63, 3.8) is 0 Å². The Morgan fingerprint density at radius 2 is 2.14 bits per heavy atom. The first kappa shape index (κ1) is 16.3. The van der Waals surface area contributed by atoms with Crippen molar-refractivity contribution in [2.24, 2.45) is 5.92 Å². The van der Waals surface area contributed by atoms with Crippen molar-refractivity contribution >= 4 is 0 Å². The number of ether oxygens (including phenoxy) is 1. The molecule has 0 aliphatic carbocycles. The van der Waals surface area contributed by atoms with Gasteiger partial charge in [-0.15, -0.1) is 0 Å². The first-order valence-corrected chi connectivity index (χ1v) is 8.18. The number of hydrogen-bond acceptors (Lipinski definition) is 3. The highest BCUT2D eigenvalue weighted by Gasteiger charge is 2.20. The van der Waals surface area contributed by atoms with Crippen LogP contribution in [0.2, 0.25) is 0 Å². The molecule has 21 heavy (non-hydrogen) atoms. The first-order chi connectivity index (χ1) is 10.1. The maximum absolute atomic E-state index is 5.56. The lowest BCUT2D eigenvalue weighted by Crippen LogP contribution is -2.34. The van der Waals surface area contributed by atoms with Gasteiger partial charge in [-0.2, -0.15) is 0 Å². The lowest BCUT2D eigenvalue weighted by molar-refractivity contribution is 0.250. The van der Waals surface area contributed by atoms with Gasteiger partial charge >= 0.3 is 0 Å². The molecule has 1 N–H and O–H groups in total. The zero-order chi connectivity index (χ0) is 15.2. The number of likely N-dealkylation sites (tertiary alicyclic amines) is 1. The van der Waals surface area contributed by atoms with E-state index in [2.05, 4.69) is 42.3 Å². The van der Waals surface area contributed by atoms with Crippen LogP contribution in [0.3, 0.4) is 0 Å². The van der Waals surface area contributed by atoms with Gasteiger partial charge in [-0.05, 0) is 58.3 Å². The van der Waals surface area contributed by atoms with E-state index in [4.69, 9.17) is 4.74 Å². The summed E-state index contributed by atoms with van der Waals surface area (Å²) in [4.78, 5) is 2.60. The number of hydrogen-bond donors (Lipinski definition) is 1. The molecule has 3 nitrogen and oxygen atoms in total. The van der Waals surface area contributed by atoms with Crippen LogP contribution in [0.25, 0.3) is 0 Å². The number of rotatable bonds is 5. The van der Waals surface area contributed by atoms with Crippen LogP contribution >= 0.6 is 0 Å². The van der Waals surface area contributed by atoms with Gasteiger partial charge in [0, 0.05) is 18.2 Å². The molecule has 1 aromatic carbocycles. The topological polar surface area (TPSA) is 24.5 Å². The zero-order valence-corrected chi connectivity index (χ0v) is 14.0. The molecule has 0 amide bonds. The zero-order valence-electron chi connectivity index (χ0n) is 14.0. The maximum Gasteiger partial charge on any atom is 0.123 e. The number of nitrogens with zero attached hydrogens (tertiary/aromatic N) is 1. The molecule has 0 saturated carbocycles. The van der Waals surface area contributed by atoms with E-state index in [9.17, 15) is 0 Å². The van der Waals surface area contributed by atoms with E-state index in [1.54, 1.807) is 7.11 Å². The minimum Gasteiger partial charge on any atom is -0.496 e. The Labute approximate surface area is 129 Å². The van der Waals surface area contributed by atoms with Gasteiger partial charge in [0.2, 0.25) is 0 Å². The number of methoxy groups -OCH3 is 1. The number of aryl methyl sites for hydroxylation is 1. The first-order valence-electron chi connectivity index (χ1n) is 8.18. The van der Waals surface area contributed by atoms with Crippen LogP contribution in [-0.4, -0.2) is 38.7 Å². The van der Waals surface area contributed by atoms with Crippen molar-refractivity contribution in [2.45, 2.75) is 39.2 Å². The molecule has 1 heterocycles. The van der Waals surface area contributed by atoms with Crippen LogP contribution in [0, 0.1) is 12.8 Å². The van der Waals surface area contributed by atoms with Crippen molar-refractivity contribution in [3.8, 4) is 5.75 Å². The number of likely N-dealkylation sites (N-methyl/N-ethyl adjacent to an activating group) is 1.